The highest BCUT2D eigenvalue weighted by Crippen LogP contribution is 2.20. The molecule has 1 unspecified atom stereocenters. The molecule has 0 aromatic heterocycles. The van der Waals surface area contributed by atoms with E-state index in [-0.39, 0.29) is 30.6 Å². The highest BCUT2D eigenvalue weighted by Gasteiger charge is 2.39. The number of nitrogens with one attached hydrogen (secondary N) is 1. The zero-order chi connectivity index (χ0) is 16.8. The minimum atomic E-state index is -1.13. The molecule has 22 heavy (non-hydrogen) atoms. The molecular weight excluding hydrogens is 282 g/mol. The zero-order valence-electron chi connectivity index (χ0n) is 13.5. The van der Waals surface area contributed by atoms with E-state index in [0.29, 0.717) is 5.56 Å². The minimum absolute atomic E-state index is 0.165. The summed E-state index contributed by atoms with van der Waals surface area (Å²) in [5, 5.41) is 2.76. The number of Topliss-reactive ketones (excluding diaryl/α,β-unsaturated/α-hetero) is 1. The van der Waals surface area contributed by atoms with E-state index < -0.39 is 11.5 Å². The van der Waals surface area contributed by atoms with Gasteiger partial charge in [0.2, 0.25) is 0 Å². The van der Waals surface area contributed by atoms with Crippen LogP contribution in [0.25, 0.3) is 0 Å². The van der Waals surface area contributed by atoms with E-state index in [4.69, 9.17) is 4.74 Å². The molecule has 5 nitrogen and oxygen atoms in total. The summed E-state index contributed by atoms with van der Waals surface area (Å²) < 4.78 is 4.80. The van der Waals surface area contributed by atoms with Crippen LogP contribution in [-0.4, -0.2) is 29.8 Å². The van der Waals surface area contributed by atoms with Crippen molar-refractivity contribution < 1.29 is 19.1 Å². The van der Waals surface area contributed by atoms with Gasteiger partial charge in [0.1, 0.15) is 6.42 Å². The van der Waals surface area contributed by atoms with Gasteiger partial charge >= 0.3 is 5.97 Å². The Morgan fingerprint density at radius 2 is 1.77 bits per heavy atom. The Kier molecular flexibility index (Phi) is 6.28. The van der Waals surface area contributed by atoms with Gasteiger partial charge in [0.15, 0.2) is 5.78 Å². The number of rotatable bonds is 7. The molecule has 1 aromatic rings. The van der Waals surface area contributed by atoms with E-state index in [1.54, 1.807) is 38.1 Å². The Labute approximate surface area is 131 Å². The number of esters is 1. The van der Waals surface area contributed by atoms with Gasteiger partial charge in [0, 0.05) is 5.56 Å². The van der Waals surface area contributed by atoms with Gasteiger partial charge in [-0.25, -0.2) is 0 Å². The summed E-state index contributed by atoms with van der Waals surface area (Å²) >= 11 is 0. The summed E-state index contributed by atoms with van der Waals surface area (Å²) in [6.45, 7) is 7.20. The van der Waals surface area contributed by atoms with Crippen molar-refractivity contribution in [3.05, 3.63) is 35.9 Å². The fourth-order valence-corrected chi connectivity index (χ4v) is 1.96. The quantitative estimate of drug-likeness (QED) is 0.620. The maximum atomic E-state index is 12.4. The Balaban J connectivity index is 2.89. The summed E-state index contributed by atoms with van der Waals surface area (Å²) in [6.07, 6.45) is -0.350. The van der Waals surface area contributed by atoms with Crippen LogP contribution in [0.1, 0.15) is 44.5 Å². The molecule has 0 aliphatic rings. The fourth-order valence-electron chi connectivity index (χ4n) is 1.96. The van der Waals surface area contributed by atoms with Gasteiger partial charge in [0.05, 0.1) is 12.1 Å². The second-order valence-corrected chi connectivity index (χ2v) is 5.58. The van der Waals surface area contributed by atoms with Crippen molar-refractivity contribution in [2.24, 2.45) is 5.92 Å². The lowest BCUT2D eigenvalue weighted by atomic mass is 9.82. The van der Waals surface area contributed by atoms with Gasteiger partial charge < -0.3 is 10.1 Å². The number of carbonyl (C=O) groups is 3. The molecule has 120 valence electrons. The fraction of sp³-hybridized carbons (Fsp3) is 0.471. The average molecular weight is 305 g/mol. The van der Waals surface area contributed by atoms with E-state index in [9.17, 15) is 14.4 Å². The van der Waals surface area contributed by atoms with E-state index in [1.165, 1.54) is 0 Å². The molecule has 1 aromatic carbocycles. The number of carbonyl (C=O) groups excluding carboxylic acids is 3. The Hall–Kier alpha value is -2.17. The Bertz CT molecular complexity index is 539. The van der Waals surface area contributed by atoms with Crippen molar-refractivity contribution in [1.82, 2.24) is 5.32 Å². The van der Waals surface area contributed by atoms with Gasteiger partial charge in [-0.15, -0.1) is 0 Å². The van der Waals surface area contributed by atoms with Crippen molar-refractivity contribution in [3.63, 3.8) is 0 Å². The maximum Gasteiger partial charge on any atom is 0.313 e. The van der Waals surface area contributed by atoms with E-state index in [0.717, 1.165) is 0 Å². The molecule has 1 atom stereocenters. The largest absolute Gasteiger partial charge is 0.466 e. The molecule has 0 spiro atoms. The number of ketones is 1. The molecule has 0 saturated heterocycles. The summed E-state index contributed by atoms with van der Waals surface area (Å²) in [4.78, 5) is 36.3. The van der Waals surface area contributed by atoms with Crippen LogP contribution >= 0.6 is 0 Å². The van der Waals surface area contributed by atoms with Crippen LogP contribution in [0, 0.1) is 5.92 Å². The number of amides is 1. The third-order valence-electron chi connectivity index (χ3n) is 3.75. The van der Waals surface area contributed by atoms with Crippen molar-refractivity contribution in [2.75, 3.05) is 6.61 Å². The van der Waals surface area contributed by atoms with Crippen LogP contribution < -0.4 is 5.32 Å². The number of ether oxygens (including phenoxy) is 1. The lowest BCUT2D eigenvalue weighted by Gasteiger charge is -2.33. The highest BCUT2D eigenvalue weighted by molar-refractivity contribution is 6.04. The summed E-state index contributed by atoms with van der Waals surface area (Å²) in [5.74, 6) is -1.44. The van der Waals surface area contributed by atoms with Crippen molar-refractivity contribution >= 4 is 17.7 Å². The molecular formula is C17H23NO4. The predicted molar refractivity (Wildman–Crippen MR) is 83.4 cm³/mol. The average Bonchev–Trinajstić information content (AvgIpc) is 2.47. The van der Waals surface area contributed by atoms with Crippen LogP contribution in [0.15, 0.2) is 30.3 Å². The molecule has 0 aliphatic heterocycles. The van der Waals surface area contributed by atoms with Gasteiger partial charge in [-0.05, 0) is 31.9 Å². The second kappa shape index (κ2) is 7.73. The van der Waals surface area contributed by atoms with Gasteiger partial charge in [0.25, 0.3) is 5.91 Å². The lowest BCUT2D eigenvalue weighted by Crippen LogP contribution is -2.56. The zero-order valence-corrected chi connectivity index (χ0v) is 13.5. The SMILES string of the molecule is CCOC(=O)CC(=O)C(C)(NC(=O)c1ccccc1)C(C)C. The van der Waals surface area contributed by atoms with E-state index in [2.05, 4.69) is 5.32 Å². The lowest BCUT2D eigenvalue weighted by molar-refractivity contribution is -0.147. The smallest absolute Gasteiger partial charge is 0.313 e. The molecule has 0 saturated carbocycles. The standard InChI is InChI=1S/C17H23NO4/c1-5-22-15(20)11-14(19)17(4,12(2)3)18-16(21)13-9-7-6-8-10-13/h6-10,12H,5,11H2,1-4H3,(H,18,21). The molecule has 0 radical (unpaired) electrons. The summed E-state index contributed by atoms with van der Waals surface area (Å²) in [6, 6.07) is 8.66. The van der Waals surface area contributed by atoms with Gasteiger partial charge in [-0.3, -0.25) is 14.4 Å². The van der Waals surface area contributed by atoms with Crippen molar-refractivity contribution in [3.8, 4) is 0 Å². The molecule has 0 bridgehead atoms. The number of hydrogen-bond donors (Lipinski definition) is 1. The molecule has 0 aliphatic carbocycles. The molecule has 0 fully saturated rings. The van der Waals surface area contributed by atoms with Crippen LogP contribution in [0.4, 0.5) is 0 Å². The third kappa shape index (κ3) is 4.41. The normalized spacial score (nSPS) is 13.3. The topological polar surface area (TPSA) is 72.5 Å². The van der Waals surface area contributed by atoms with E-state index in [1.807, 2.05) is 19.9 Å². The summed E-state index contributed by atoms with van der Waals surface area (Å²) in [7, 11) is 0. The maximum absolute atomic E-state index is 12.4. The van der Waals surface area contributed by atoms with Crippen LogP contribution in [0.3, 0.4) is 0 Å². The molecule has 0 heterocycles. The van der Waals surface area contributed by atoms with Crippen molar-refractivity contribution in [2.45, 2.75) is 39.7 Å². The summed E-state index contributed by atoms with van der Waals surface area (Å²) in [5.41, 5.74) is -0.655. The molecule has 1 rings (SSSR count). The molecule has 1 amide bonds. The number of hydrogen-bond acceptors (Lipinski definition) is 4. The molecule has 1 N–H and O–H groups in total. The van der Waals surface area contributed by atoms with E-state index >= 15 is 0 Å². The Morgan fingerprint density at radius 1 is 1.18 bits per heavy atom. The first-order valence-corrected chi connectivity index (χ1v) is 7.37. The first-order chi connectivity index (χ1) is 10.3. The van der Waals surface area contributed by atoms with Gasteiger partial charge in [-0.1, -0.05) is 32.0 Å². The monoisotopic (exact) mass is 305 g/mol. The highest BCUT2D eigenvalue weighted by atomic mass is 16.5. The van der Waals surface area contributed by atoms with Gasteiger partial charge in [-0.2, -0.15) is 0 Å². The predicted octanol–water partition coefficient (Wildman–Crippen LogP) is 2.35. The van der Waals surface area contributed by atoms with Crippen LogP contribution in [0.5, 0.6) is 0 Å². The first kappa shape index (κ1) is 17.9. The minimum Gasteiger partial charge on any atom is -0.466 e. The molecule has 5 heteroatoms. The Morgan fingerprint density at radius 3 is 2.27 bits per heavy atom. The second-order valence-electron chi connectivity index (χ2n) is 5.58. The number of benzene rings is 1. The first-order valence-electron chi connectivity index (χ1n) is 7.37. The van der Waals surface area contributed by atoms with Crippen LogP contribution in [-0.2, 0) is 14.3 Å². The van der Waals surface area contributed by atoms with Crippen LogP contribution in [0.2, 0.25) is 0 Å². The third-order valence-corrected chi connectivity index (χ3v) is 3.75. The van der Waals surface area contributed by atoms with Crippen molar-refractivity contribution in [1.29, 1.82) is 0 Å².